The van der Waals surface area contributed by atoms with Crippen LogP contribution < -0.4 is 0 Å². The fourth-order valence-corrected chi connectivity index (χ4v) is 15.0. The zero-order chi connectivity index (χ0) is 46.9. The first-order valence-corrected chi connectivity index (χ1v) is 30.3. The van der Waals surface area contributed by atoms with E-state index < -0.39 is 0 Å². The number of esters is 2. The normalized spacial score (nSPS) is 12.7. The highest BCUT2D eigenvalue weighted by molar-refractivity contribution is 7.29. The van der Waals surface area contributed by atoms with Gasteiger partial charge in [0.25, 0.3) is 0 Å². The average molecular weight is 976 g/mol. The van der Waals surface area contributed by atoms with Crippen LogP contribution in [-0.4, -0.2) is 25.2 Å². The molecule has 2 atom stereocenters. The largest absolute Gasteiger partial charge is 0.462 e. The van der Waals surface area contributed by atoms with Crippen LogP contribution in [0.15, 0.2) is 35.0 Å². The number of hydrogen-bond donors (Lipinski definition) is 0. The summed E-state index contributed by atoms with van der Waals surface area (Å²) in [7, 11) is 0. The summed E-state index contributed by atoms with van der Waals surface area (Å²) >= 11 is 7.23. The van der Waals surface area contributed by atoms with E-state index in [4.69, 9.17) is 9.47 Å². The van der Waals surface area contributed by atoms with Crippen molar-refractivity contribution in [1.29, 1.82) is 0 Å². The first-order chi connectivity index (χ1) is 32.4. The minimum absolute atomic E-state index is 0.284. The molecule has 366 valence electrons. The Morgan fingerprint density at radius 3 is 1.03 bits per heavy atom. The van der Waals surface area contributed by atoms with Gasteiger partial charge < -0.3 is 9.47 Å². The quantitative estimate of drug-likeness (QED) is 0.0296. The van der Waals surface area contributed by atoms with Gasteiger partial charge in [-0.05, 0) is 97.5 Å². The third-order valence-electron chi connectivity index (χ3n) is 13.7. The van der Waals surface area contributed by atoms with Gasteiger partial charge >= 0.3 is 11.9 Å². The van der Waals surface area contributed by atoms with E-state index >= 15 is 0 Å². The molecule has 5 rings (SSSR count). The molecular weight excluding hydrogens is 889 g/mol. The summed E-state index contributed by atoms with van der Waals surface area (Å²) in [6, 6.07) is 8.42. The first kappa shape index (κ1) is 54.4. The van der Waals surface area contributed by atoms with Crippen LogP contribution in [0, 0.1) is 0 Å². The number of ether oxygens (including phenoxy) is 2. The molecule has 5 aromatic rings. The molecule has 0 saturated carbocycles. The lowest BCUT2D eigenvalue weighted by Crippen LogP contribution is -2.11. The topological polar surface area (TPSA) is 52.6 Å². The summed E-state index contributed by atoms with van der Waals surface area (Å²) in [5.74, 6) is 0.389. The molecule has 0 amide bonds. The molecule has 0 radical (unpaired) electrons. The number of benzene rings is 1. The Bertz CT molecular complexity index is 1980. The second-order valence-corrected chi connectivity index (χ2v) is 22.9. The Balaban J connectivity index is 1.50. The number of thiophene rings is 4. The third-order valence-corrected chi connectivity index (χ3v) is 18.3. The third kappa shape index (κ3) is 16.3. The summed E-state index contributed by atoms with van der Waals surface area (Å²) in [5, 5.41) is 4.84. The van der Waals surface area contributed by atoms with Crippen molar-refractivity contribution in [3.63, 3.8) is 0 Å². The van der Waals surface area contributed by atoms with E-state index in [0.29, 0.717) is 23.0 Å². The maximum atomic E-state index is 14.1. The van der Waals surface area contributed by atoms with Crippen LogP contribution in [0.5, 0.6) is 0 Å². The van der Waals surface area contributed by atoms with Crippen LogP contribution in [0.2, 0.25) is 0 Å². The van der Waals surface area contributed by atoms with Crippen molar-refractivity contribution < 1.29 is 19.1 Å². The molecule has 0 bridgehead atoms. The highest BCUT2D eigenvalue weighted by Gasteiger charge is 2.27. The predicted octanol–water partition coefficient (Wildman–Crippen LogP) is 21.1. The lowest BCUT2D eigenvalue weighted by molar-refractivity contribution is 0.0513. The monoisotopic (exact) mass is 975 g/mol. The molecule has 0 fully saturated rings. The first-order valence-electron chi connectivity index (χ1n) is 26.9. The molecule has 0 spiro atoms. The maximum absolute atomic E-state index is 14.1. The van der Waals surface area contributed by atoms with E-state index in [2.05, 4.69) is 50.6 Å². The number of unbranched alkanes of at least 4 members (excludes halogenated alkanes) is 20. The van der Waals surface area contributed by atoms with Gasteiger partial charge in [-0.1, -0.05) is 182 Å². The number of hydrogen-bond acceptors (Lipinski definition) is 8. The second kappa shape index (κ2) is 30.9. The Kier molecular flexibility index (Phi) is 25.4. The lowest BCUT2D eigenvalue weighted by atomic mass is 9.89. The van der Waals surface area contributed by atoms with Crippen molar-refractivity contribution in [2.75, 3.05) is 13.2 Å². The van der Waals surface area contributed by atoms with E-state index in [1.54, 1.807) is 22.7 Å². The molecule has 0 N–H and O–H groups in total. The molecule has 0 aliphatic carbocycles. The molecule has 4 heterocycles. The molecule has 2 unspecified atom stereocenters. The molecule has 4 aromatic heterocycles. The molecule has 8 heteroatoms. The minimum Gasteiger partial charge on any atom is -0.462 e. The Labute approximate surface area is 417 Å². The van der Waals surface area contributed by atoms with Gasteiger partial charge in [-0.15, -0.1) is 45.3 Å². The SMILES string of the molecule is CCCCCCCCCC(CCCCCCC)c1csc2cc(-c3cc(C(=O)OCC)c(-c4cc5scc(C(CCCCCCC)CCCCCCCCC)c5s4)cc3C(=O)OCC)sc12. The summed E-state index contributed by atoms with van der Waals surface area (Å²) in [6.45, 7) is 13.5. The van der Waals surface area contributed by atoms with Crippen LogP contribution in [0.4, 0.5) is 0 Å². The number of fused-ring (bicyclic) bond motifs is 2. The summed E-state index contributed by atoms with van der Waals surface area (Å²) in [4.78, 5) is 30.2. The number of carbonyl (C=O) groups is 2. The highest BCUT2D eigenvalue weighted by atomic mass is 32.1. The van der Waals surface area contributed by atoms with Crippen LogP contribution in [0.3, 0.4) is 0 Å². The Morgan fingerprint density at radius 1 is 0.424 bits per heavy atom. The van der Waals surface area contributed by atoms with E-state index in [9.17, 15) is 9.59 Å². The van der Waals surface area contributed by atoms with Crippen molar-refractivity contribution in [3.05, 3.63) is 57.3 Å². The fourth-order valence-electron chi connectivity index (χ4n) is 9.87. The van der Waals surface area contributed by atoms with Gasteiger partial charge in [-0.3, -0.25) is 0 Å². The van der Waals surface area contributed by atoms with Gasteiger partial charge in [0, 0.05) is 39.7 Å². The molecule has 66 heavy (non-hydrogen) atoms. The van der Waals surface area contributed by atoms with E-state index in [0.717, 1.165) is 20.9 Å². The molecular formula is C58H86O4S4. The van der Waals surface area contributed by atoms with Crippen LogP contribution >= 0.6 is 45.3 Å². The van der Waals surface area contributed by atoms with Gasteiger partial charge in [-0.2, -0.15) is 0 Å². The molecule has 0 aliphatic heterocycles. The molecule has 4 nitrogen and oxygen atoms in total. The van der Waals surface area contributed by atoms with Gasteiger partial charge in [0.2, 0.25) is 0 Å². The van der Waals surface area contributed by atoms with E-state index in [1.807, 2.05) is 48.7 Å². The van der Waals surface area contributed by atoms with Crippen molar-refractivity contribution in [3.8, 4) is 20.9 Å². The van der Waals surface area contributed by atoms with Gasteiger partial charge in [-0.25, -0.2) is 9.59 Å². The zero-order valence-electron chi connectivity index (χ0n) is 42.1. The lowest BCUT2D eigenvalue weighted by Gasteiger charge is -2.17. The zero-order valence-corrected chi connectivity index (χ0v) is 45.4. The number of carbonyl (C=O) groups excluding carboxylic acids is 2. The standard InChI is InChI=1S/C58H86O4S4/c1-7-13-17-21-23-27-31-35-43(33-29-25-19-15-9-3)49-41-63-53-39-51(65-55(49)53)45-37-48(58(60)62-12-6)46(38-47(45)57(59)61-11-5)52-40-54-56(66-52)50(42-64-54)44(34-30-26-20-16-10-4)36-32-28-24-22-18-14-8-2/h37-44H,7-36H2,1-6H3. The van der Waals surface area contributed by atoms with Gasteiger partial charge in [0.1, 0.15) is 0 Å². The number of rotatable bonds is 36. The van der Waals surface area contributed by atoms with Crippen molar-refractivity contribution in [1.82, 2.24) is 0 Å². The van der Waals surface area contributed by atoms with Crippen molar-refractivity contribution >= 4 is 76.1 Å². The fraction of sp³-hybridized carbons (Fsp3) is 0.655. The maximum Gasteiger partial charge on any atom is 0.338 e. The summed E-state index contributed by atoms with van der Waals surface area (Å²) in [5.41, 5.74) is 5.53. The molecule has 0 saturated heterocycles. The van der Waals surface area contributed by atoms with E-state index in [1.165, 1.54) is 210 Å². The van der Waals surface area contributed by atoms with Crippen LogP contribution in [0.1, 0.15) is 265 Å². The van der Waals surface area contributed by atoms with Crippen molar-refractivity contribution in [2.24, 2.45) is 0 Å². The minimum atomic E-state index is -0.345. The highest BCUT2D eigenvalue weighted by Crippen LogP contribution is 2.48. The van der Waals surface area contributed by atoms with E-state index in [-0.39, 0.29) is 25.2 Å². The van der Waals surface area contributed by atoms with Crippen molar-refractivity contribution in [2.45, 2.75) is 233 Å². The van der Waals surface area contributed by atoms with Crippen LogP contribution in [0.25, 0.3) is 39.7 Å². The summed E-state index contributed by atoms with van der Waals surface area (Å²) < 4.78 is 16.8. The second-order valence-electron chi connectivity index (χ2n) is 19.0. The molecule has 0 aliphatic rings. The Hall–Kier alpha value is -2.52. The van der Waals surface area contributed by atoms with Gasteiger partial charge in [0.05, 0.1) is 24.3 Å². The predicted molar refractivity (Wildman–Crippen MR) is 293 cm³/mol. The smallest absolute Gasteiger partial charge is 0.338 e. The van der Waals surface area contributed by atoms with Gasteiger partial charge in [0.15, 0.2) is 0 Å². The average Bonchev–Trinajstić information content (AvgIpc) is 4.12. The van der Waals surface area contributed by atoms with Crippen LogP contribution in [-0.2, 0) is 9.47 Å². The molecule has 1 aromatic carbocycles. The summed E-state index contributed by atoms with van der Waals surface area (Å²) in [6.07, 6.45) is 36.5. The Morgan fingerprint density at radius 2 is 0.727 bits per heavy atom.